The monoisotopic (exact) mass is 396 g/mol. The molecule has 0 saturated heterocycles. The van der Waals surface area contributed by atoms with E-state index in [1.54, 1.807) is 21.3 Å². The second-order valence-electron chi connectivity index (χ2n) is 8.53. The summed E-state index contributed by atoms with van der Waals surface area (Å²) in [5.41, 5.74) is 3.40. The van der Waals surface area contributed by atoms with Crippen LogP contribution < -0.4 is 5.46 Å². The normalized spacial score (nSPS) is 12.3. The maximum Gasteiger partial charge on any atom is 0.330 e. The smallest absolute Gasteiger partial charge is 0.330 e. The highest BCUT2D eigenvalue weighted by Crippen LogP contribution is 2.35. The molecule has 0 aliphatic rings. The molecule has 1 heterocycles. The molecule has 0 unspecified atom stereocenters. The number of hydrogen-bond acceptors (Lipinski definition) is 4. The summed E-state index contributed by atoms with van der Waals surface area (Å²) in [5, 5.41) is 21.3. The summed E-state index contributed by atoms with van der Waals surface area (Å²) in [7, 11) is 1.68. The Hall–Kier alpha value is -3.07. The number of nitrogens with zero attached hydrogens (tertiary/aromatic N) is 1. The van der Waals surface area contributed by atoms with Gasteiger partial charge < -0.3 is 14.2 Å². The second kappa shape index (κ2) is 7.32. The van der Waals surface area contributed by atoms with Crippen molar-refractivity contribution >= 4 is 34.9 Å². The van der Waals surface area contributed by atoms with E-state index >= 15 is 0 Å². The van der Waals surface area contributed by atoms with Crippen LogP contribution in [-0.2, 0) is 4.65 Å². The zero-order valence-electron chi connectivity index (χ0n) is 17.6. The molecule has 5 heteroatoms. The van der Waals surface area contributed by atoms with Crippen LogP contribution in [-0.4, -0.2) is 23.8 Å². The topological polar surface area (TPSA) is 66.4 Å². The molecule has 4 rings (SSSR count). The highest BCUT2D eigenvalue weighted by atomic mass is 16.5. The van der Waals surface area contributed by atoms with Crippen molar-refractivity contribution in [1.29, 1.82) is 5.26 Å². The maximum atomic E-state index is 10.3. The number of fused-ring (bicyclic) bond motifs is 3. The molecule has 0 spiro atoms. The number of nitriles is 1. The van der Waals surface area contributed by atoms with Crippen LogP contribution in [0, 0.1) is 11.3 Å². The van der Waals surface area contributed by atoms with E-state index in [-0.39, 0.29) is 0 Å². The van der Waals surface area contributed by atoms with Crippen LogP contribution in [0.2, 0.25) is 0 Å². The molecule has 3 aromatic carbocycles. The predicted octanol–water partition coefficient (Wildman–Crippen LogP) is 4.94. The first-order chi connectivity index (χ1) is 14.2. The molecule has 1 N–H and O–H groups in total. The number of rotatable bonds is 5. The standard InChI is InChI=1S/C25H23BNO3/c1-24(2,28)25(3,4)30-26-18-12-13-22-21(14-18)20-7-5-6-19(23(20)29-22)17-10-8-16(15-27)9-11-17/h5-14,28H,1-4H3. The van der Waals surface area contributed by atoms with Crippen LogP contribution in [0.25, 0.3) is 33.1 Å². The molecule has 4 nitrogen and oxygen atoms in total. The number of para-hydroxylation sites is 1. The molecule has 0 amide bonds. The maximum absolute atomic E-state index is 10.3. The number of furan rings is 1. The van der Waals surface area contributed by atoms with Gasteiger partial charge in [0, 0.05) is 16.3 Å². The summed E-state index contributed by atoms with van der Waals surface area (Å²) >= 11 is 0. The van der Waals surface area contributed by atoms with Crippen molar-refractivity contribution in [3.63, 3.8) is 0 Å². The third kappa shape index (κ3) is 3.61. The van der Waals surface area contributed by atoms with E-state index < -0.39 is 11.2 Å². The highest BCUT2D eigenvalue weighted by molar-refractivity contribution is 6.47. The molecule has 0 aliphatic carbocycles. The third-order valence-electron chi connectivity index (χ3n) is 5.81. The fraction of sp³-hybridized carbons (Fsp3) is 0.240. The molecule has 30 heavy (non-hydrogen) atoms. The molecule has 1 radical (unpaired) electrons. The van der Waals surface area contributed by atoms with E-state index in [1.165, 1.54) is 0 Å². The molecule has 0 aliphatic heterocycles. The van der Waals surface area contributed by atoms with Crippen molar-refractivity contribution in [2.45, 2.75) is 38.9 Å². The Labute approximate surface area is 177 Å². The minimum Gasteiger partial charge on any atom is -0.455 e. The molecule has 1 aromatic heterocycles. The van der Waals surface area contributed by atoms with Gasteiger partial charge in [-0.05, 0) is 51.5 Å². The van der Waals surface area contributed by atoms with Gasteiger partial charge in [-0.25, -0.2) is 0 Å². The van der Waals surface area contributed by atoms with Crippen LogP contribution in [0.3, 0.4) is 0 Å². The van der Waals surface area contributed by atoms with Crippen molar-refractivity contribution in [2.75, 3.05) is 0 Å². The lowest BCUT2D eigenvalue weighted by molar-refractivity contribution is -0.0893. The summed E-state index contributed by atoms with van der Waals surface area (Å²) in [4.78, 5) is 0. The fourth-order valence-corrected chi connectivity index (χ4v) is 3.20. The minimum absolute atomic E-state index is 0.629. The molecular formula is C25H23BNO3. The van der Waals surface area contributed by atoms with Gasteiger partial charge in [0.25, 0.3) is 0 Å². The van der Waals surface area contributed by atoms with Gasteiger partial charge in [0.05, 0.1) is 22.8 Å². The lowest BCUT2D eigenvalue weighted by Gasteiger charge is -2.37. The number of hydrogen-bond donors (Lipinski definition) is 1. The van der Waals surface area contributed by atoms with E-state index in [0.717, 1.165) is 38.5 Å². The van der Waals surface area contributed by atoms with Gasteiger partial charge in [0.1, 0.15) is 11.2 Å². The average Bonchev–Trinajstić information content (AvgIpc) is 3.09. The van der Waals surface area contributed by atoms with Crippen molar-refractivity contribution < 1.29 is 14.2 Å². The zero-order chi connectivity index (χ0) is 21.5. The Morgan fingerprint density at radius 3 is 2.37 bits per heavy atom. The third-order valence-corrected chi connectivity index (χ3v) is 5.81. The van der Waals surface area contributed by atoms with Gasteiger partial charge in [0.2, 0.25) is 0 Å². The Kier molecular flexibility index (Phi) is 4.93. The largest absolute Gasteiger partial charge is 0.455 e. The molecular weight excluding hydrogens is 373 g/mol. The van der Waals surface area contributed by atoms with Gasteiger partial charge in [-0.1, -0.05) is 47.9 Å². The number of aliphatic hydroxyl groups is 1. The van der Waals surface area contributed by atoms with Crippen LogP contribution in [0.1, 0.15) is 33.3 Å². The van der Waals surface area contributed by atoms with Crippen molar-refractivity contribution in [3.05, 3.63) is 66.2 Å². The lowest BCUT2D eigenvalue weighted by Crippen LogP contribution is -2.49. The highest BCUT2D eigenvalue weighted by Gasteiger charge is 2.35. The molecule has 4 aromatic rings. The van der Waals surface area contributed by atoms with E-state index in [2.05, 4.69) is 6.07 Å². The zero-order valence-corrected chi connectivity index (χ0v) is 17.6. The van der Waals surface area contributed by atoms with Crippen molar-refractivity contribution in [1.82, 2.24) is 0 Å². The Morgan fingerprint density at radius 1 is 0.967 bits per heavy atom. The van der Waals surface area contributed by atoms with Crippen LogP contribution in [0.4, 0.5) is 0 Å². The summed E-state index contributed by atoms with van der Waals surface area (Å²) in [6, 6.07) is 21.6. The Morgan fingerprint density at radius 2 is 1.70 bits per heavy atom. The fourth-order valence-electron chi connectivity index (χ4n) is 3.20. The van der Waals surface area contributed by atoms with E-state index in [4.69, 9.17) is 14.3 Å². The molecule has 0 saturated carbocycles. The molecule has 0 bridgehead atoms. The molecule has 0 fully saturated rings. The second-order valence-corrected chi connectivity index (χ2v) is 8.53. The van der Waals surface area contributed by atoms with Gasteiger partial charge in [-0.2, -0.15) is 5.26 Å². The van der Waals surface area contributed by atoms with Crippen molar-refractivity contribution in [3.8, 4) is 17.2 Å². The van der Waals surface area contributed by atoms with Crippen molar-refractivity contribution in [2.24, 2.45) is 0 Å². The molecule has 0 atom stereocenters. The summed E-state index contributed by atoms with van der Waals surface area (Å²) in [5.74, 6) is 0. The first kappa shape index (κ1) is 20.2. The Balaban J connectivity index is 1.73. The van der Waals surface area contributed by atoms with Crippen LogP contribution in [0.15, 0.2) is 65.1 Å². The van der Waals surface area contributed by atoms with Crippen LogP contribution >= 0.6 is 0 Å². The summed E-state index contributed by atoms with van der Waals surface area (Å²) in [6.45, 7) is 7.19. The number of benzene rings is 3. The molecule has 149 valence electrons. The van der Waals surface area contributed by atoms with Gasteiger partial charge in [-0.15, -0.1) is 0 Å². The first-order valence-corrected chi connectivity index (χ1v) is 9.89. The van der Waals surface area contributed by atoms with Crippen LogP contribution in [0.5, 0.6) is 0 Å². The summed E-state index contributed by atoms with van der Waals surface area (Å²) in [6.07, 6.45) is 0. The predicted molar refractivity (Wildman–Crippen MR) is 121 cm³/mol. The Bertz CT molecular complexity index is 1260. The first-order valence-electron chi connectivity index (χ1n) is 9.89. The van der Waals surface area contributed by atoms with Gasteiger partial charge in [-0.3, -0.25) is 0 Å². The van der Waals surface area contributed by atoms with Gasteiger partial charge >= 0.3 is 7.48 Å². The van der Waals surface area contributed by atoms with E-state index in [0.29, 0.717) is 5.56 Å². The van der Waals surface area contributed by atoms with E-state index in [9.17, 15) is 5.11 Å². The minimum atomic E-state index is -0.980. The quantitative estimate of drug-likeness (QED) is 0.486. The average molecular weight is 396 g/mol. The summed E-state index contributed by atoms with van der Waals surface area (Å²) < 4.78 is 12.1. The van der Waals surface area contributed by atoms with E-state index in [1.807, 2.05) is 74.5 Å². The lowest BCUT2D eigenvalue weighted by atomic mass is 9.82. The SMILES string of the molecule is CC(C)(O)C(C)(C)O[B]c1ccc2oc3c(-c4ccc(C#N)cc4)cccc3c2c1. The van der Waals surface area contributed by atoms with Gasteiger partial charge in [0.15, 0.2) is 0 Å².